The molecule has 1 aromatic carbocycles. The van der Waals surface area contributed by atoms with Gasteiger partial charge >= 0.3 is 11.9 Å². The third-order valence-corrected chi connectivity index (χ3v) is 8.69. The van der Waals surface area contributed by atoms with E-state index in [9.17, 15) is 28.8 Å². The molecule has 0 aliphatic rings. The molecule has 0 aliphatic heterocycles. The van der Waals surface area contributed by atoms with Crippen LogP contribution in [0, 0.1) is 13.8 Å². The summed E-state index contributed by atoms with van der Waals surface area (Å²) in [6, 6.07) is 5.81. The number of amides is 4. The van der Waals surface area contributed by atoms with E-state index in [1.807, 2.05) is 0 Å². The second-order valence-electron chi connectivity index (χ2n) is 9.85. The first kappa shape index (κ1) is 33.9. The van der Waals surface area contributed by atoms with Gasteiger partial charge in [0, 0.05) is 39.3 Å². The van der Waals surface area contributed by atoms with Gasteiger partial charge in [0.15, 0.2) is 0 Å². The topological polar surface area (TPSA) is 151 Å². The lowest BCUT2D eigenvalue weighted by atomic mass is 10.1. The van der Waals surface area contributed by atoms with E-state index < -0.39 is 23.8 Å². The molecule has 3 aromatic rings. The van der Waals surface area contributed by atoms with Gasteiger partial charge in [-0.05, 0) is 57.0 Å². The number of nitrogens with zero attached hydrogens (tertiary/aromatic N) is 2. The molecular weight excluding hydrogens is 608 g/mol. The highest BCUT2D eigenvalue weighted by Gasteiger charge is 2.29. The van der Waals surface area contributed by atoms with Crippen molar-refractivity contribution >= 4 is 68.2 Å². The van der Waals surface area contributed by atoms with Crippen LogP contribution in [0.4, 0.5) is 10.0 Å². The summed E-state index contributed by atoms with van der Waals surface area (Å²) in [5.41, 5.74) is 1.10. The third kappa shape index (κ3) is 7.14. The Kier molecular flexibility index (Phi) is 11.0. The minimum Gasteiger partial charge on any atom is -0.462 e. The van der Waals surface area contributed by atoms with Crippen molar-refractivity contribution in [2.75, 3.05) is 52.0 Å². The standard InChI is InChI=1S/C30H34N4O8S2/c1-9-41-29(39)19-15(3)21(27(37)33(5)6)43-25(19)31-23(35)17-12-11-13-18(14-17)24(36)32-26-20(30(40)42-10-2)16(4)22(44-26)28(38)34(7)8/h11-14H,9-10H2,1-8H3,(H,31,35)(H,32,36). The fourth-order valence-corrected chi connectivity index (χ4v) is 6.49. The number of carbonyl (C=O) groups excluding carboxylic acids is 6. The number of anilines is 2. The normalized spacial score (nSPS) is 10.5. The van der Waals surface area contributed by atoms with Gasteiger partial charge in [0.25, 0.3) is 23.6 Å². The predicted octanol–water partition coefficient (Wildman–Crippen LogP) is 4.69. The largest absolute Gasteiger partial charge is 0.462 e. The molecule has 3 rings (SSSR count). The van der Waals surface area contributed by atoms with Crippen molar-refractivity contribution < 1.29 is 38.2 Å². The van der Waals surface area contributed by atoms with Crippen molar-refractivity contribution in [2.45, 2.75) is 27.7 Å². The second kappa shape index (κ2) is 14.3. The van der Waals surface area contributed by atoms with E-state index in [2.05, 4.69) is 10.6 Å². The molecule has 2 heterocycles. The molecule has 4 amide bonds. The Morgan fingerprint density at radius 1 is 0.682 bits per heavy atom. The van der Waals surface area contributed by atoms with E-state index in [1.165, 1.54) is 34.1 Å². The minimum atomic E-state index is -0.682. The second-order valence-corrected chi connectivity index (χ2v) is 11.9. The number of thiophene rings is 2. The Hall–Kier alpha value is -4.56. The van der Waals surface area contributed by atoms with Crippen molar-refractivity contribution in [3.05, 3.63) is 67.4 Å². The summed E-state index contributed by atoms with van der Waals surface area (Å²) in [6.07, 6.45) is 0. The fraction of sp³-hybridized carbons (Fsp3) is 0.333. The molecule has 0 atom stereocenters. The van der Waals surface area contributed by atoms with Gasteiger partial charge < -0.3 is 29.9 Å². The monoisotopic (exact) mass is 642 g/mol. The van der Waals surface area contributed by atoms with Gasteiger partial charge in [-0.2, -0.15) is 0 Å². The van der Waals surface area contributed by atoms with Gasteiger partial charge in [-0.3, -0.25) is 19.2 Å². The highest BCUT2D eigenvalue weighted by atomic mass is 32.1. The number of benzene rings is 1. The van der Waals surface area contributed by atoms with Crippen LogP contribution in [-0.2, 0) is 9.47 Å². The van der Waals surface area contributed by atoms with E-state index in [4.69, 9.17) is 9.47 Å². The van der Waals surface area contributed by atoms with Gasteiger partial charge in [0.1, 0.15) is 10.0 Å². The van der Waals surface area contributed by atoms with E-state index >= 15 is 0 Å². The Morgan fingerprint density at radius 3 is 1.36 bits per heavy atom. The van der Waals surface area contributed by atoms with Gasteiger partial charge in [-0.1, -0.05) is 6.07 Å². The van der Waals surface area contributed by atoms with E-state index in [0.717, 1.165) is 22.7 Å². The molecule has 0 aliphatic carbocycles. The van der Waals surface area contributed by atoms with Gasteiger partial charge in [-0.25, -0.2) is 9.59 Å². The van der Waals surface area contributed by atoms with Crippen LogP contribution in [0.15, 0.2) is 24.3 Å². The van der Waals surface area contributed by atoms with Crippen LogP contribution in [0.2, 0.25) is 0 Å². The SMILES string of the molecule is CCOC(=O)c1c(NC(=O)c2cccc(C(=O)Nc3sc(C(=O)N(C)C)c(C)c3C(=O)OCC)c2)sc(C(=O)N(C)C)c1C. The number of rotatable bonds is 10. The molecule has 14 heteroatoms. The molecule has 2 aromatic heterocycles. The molecule has 0 saturated heterocycles. The molecule has 0 spiro atoms. The fourth-order valence-electron chi connectivity index (χ4n) is 4.07. The summed E-state index contributed by atoms with van der Waals surface area (Å²) in [5, 5.41) is 5.64. The van der Waals surface area contributed by atoms with Crippen LogP contribution in [0.5, 0.6) is 0 Å². The zero-order valence-electron chi connectivity index (χ0n) is 25.7. The molecule has 12 nitrogen and oxygen atoms in total. The molecule has 0 radical (unpaired) electrons. The first-order valence-electron chi connectivity index (χ1n) is 13.5. The van der Waals surface area contributed by atoms with Crippen LogP contribution >= 0.6 is 22.7 Å². The maximum absolute atomic E-state index is 13.3. The zero-order chi connectivity index (χ0) is 32.9. The maximum Gasteiger partial charge on any atom is 0.341 e. The van der Waals surface area contributed by atoms with Gasteiger partial charge in [0.2, 0.25) is 0 Å². The van der Waals surface area contributed by atoms with Crippen molar-refractivity contribution in [2.24, 2.45) is 0 Å². The highest BCUT2D eigenvalue weighted by molar-refractivity contribution is 7.19. The summed E-state index contributed by atoms with van der Waals surface area (Å²) < 4.78 is 10.3. The summed E-state index contributed by atoms with van der Waals surface area (Å²) in [5.74, 6) is -3.30. The lowest BCUT2D eigenvalue weighted by Crippen LogP contribution is -2.21. The van der Waals surface area contributed by atoms with Crippen LogP contribution in [0.3, 0.4) is 0 Å². The molecule has 0 bridgehead atoms. The Labute approximate surface area is 262 Å². The average molecular weight is 643 g/mol. The molecule has 44 heavy (non-hydrogen) atoms. The molecular formula is C30H34N4O8S2. The third-order valence-electron chi connectivity index (χ3n) is 6.29. The Morgan fingerprint density at radius 2 is 1.05 bits per heavy atom. The number of hydrogen-bond acceptors (Lipinski definition) is 10. The maximum atomic E-state index is 13.3. The summed E-state index contributed by atoms with van der Waals surface area (Å²) in [7, 11) is 6.31. The van der Waals surface area contributed by atoms with Crippen molar-refractivity contribution in [1.29, 1.82) is 0 Å². The van der Waals surface area contributed by atoms with E-state index in [1.54, 1.807) is 55.9 Å². The number of hydrogen-bond donors (Lipinski definition) is 2. The number of ether oxygens (including phenoxy) is 2. The number of carbonyl (C=O) groups is 6. The molecule has 0 unspecified atom stereocenters. The quantitative estimate of drug-likeness (QED) is 0.303. The van der Waals surface area contributed by atoms with Crippen LogP contribution in [0.25, 0.3) is 0 Å². The molecule has 0 fully saturated rings. The first-order chi connectivity index (χ1) is 20.7. The van der Waals surface area contributed by atoms with Gasteiger partial charge in [-0.15, -0.1) is 22.7 Å². The number of esters is 2. The minimum absolute atomic E-state index is 0.0759. The average Bonchev–Trinajstić information content (AvgIpc) is 3.47. The number of nitrogens with one attached hydrogen (secondary N) is 2. The zero-order valence-corrected chi connectivity index (χ0v) is 27.3. The van der Waals surface area contributed by atoms with Crippen molar-refractivity contribution in [3.63, 3.8) is 0 Å². The first-order valence-corrected chi connectivity index (χ1v) is 15.1. The lowest BCUT2D eigenvalue weighted by molar-refractivity contribution is 0.0517. The summed E-state index contributed by atoms with van der Waals surface area (Å²) >= 11 is 1.90. The summed E-state index contributed by atoms with van der Waals surface area (Å²) in [6.45, 7) is 6.70. The highest BCUT2D eigenvalue weighted by Crippen LogP contribution is 2.36. The predicted molar refractivity (Wildman–Crippen MR) is 168 cm³/mol. The van der Waals surface area contributed by atoms with Crippen molar-refractivity contribution in [3.8, 4) is 0 Å². The van der Waals surface area contributed by atoms with Crippen LogP contribution in [0.1, 0.15) is 85.7 Å². The Bertz CT molecular complexity index is 1520. The lowest BCUT2D eigenvalue weighted by Gasteiger charge is -2.09. The van der Waals surface area contributed by atoms with E-state index in [-0.39, 0.29) is 67.0 Å². The summed E-state index contributed by atoms with van der Waals surface area (Å²) in [4.78, 5) is 80.8. The molecule has 0 saturated carbocycles. The van der Waals surface area contributed by atoms with Crippen LogP contribution in [-0.4, -0.2) is 86.8 Å². The molecule has 234 valence electrons. The van der Waals surface area contributed by atoms with Gasteiger partial charge in [0.05, 0.1) is 34.1 Å². The van der Waals surface area contributed by atoms with Crippen LogP contribution < -0.4 is 10.6 Å². The molecule has 2 N–H and O–H groups in total. The van der Waals surface area contributed by atoms with Crippen molar-refractivity contribution in [1.82, 2.24) is 9.80 Å². The Balaban J connectivity index is 1.94. The van der Waals surface area contributed by atoms with E-state index in [0.29, 0.717) is 11.1 Å². The smallest absolute Gasteiger partial charge is 0.341 e.